The average Bonchev–Trinajstić information content (AvgIpc) is 3.71. The number of hydrogen-bond acceptors (Lipinski definition) is 9. The number of carbonyl (C=O) groups is 5. The van der Waals surface area contributed by atoms with E-state index in [9.17, 15) is 37.5 Å². The Balaban J connectivity index is 1.64. The highest BCUT2D eigenvalue weighted by Crippen LogP contribution is 2.35. The summed E-state index contributed by atoms with van der Waals surface area (Å²) in [5.74, 6) is -4.11. The van der Waals surface area contributed by atoms with Crippen LogP contribution in [0.25, 0.3) is 0 Å². The van der Waals surface area contributed by atoms with Crippen LogP contribution in [0.4, 0.5) is 13.2 Å². The first kappa shape index (κ1) is 49.0. The lowest BCUT2D eigenvalue weighted by Crippen LogP contribution is -2.49. The fourth-order valence-corrected chi connectivity index (χ4v) is 8.85. The van der Waals surface area contributed by atoms with Gasteiger partial charge in [0, 0.05) is 49.7 Å². The number of likely N-dealkylation sites (N-methyl/N-ethyl adjacent to an activating group) is 1. The van der Waals surface area contributed by atoms with Gasteiger partial charge >= 0.3 is 18.1 Å². The van der Waals surface area contributed by atoms with Crippen LogP contribution in [0, 0.1) is 23.7 Å². The molecule has 3 aromatic rings. The summed E-state index contributed by atoms with van der Waals surface area (Å²) in [4.78, 5) is 75.5. The summed E-state index contributed by atoms with van der Waals surface area (Å²) in [6, 6.07) is 12.6. The summed E-state index contributed by atoms with van der Waals surface area (Å²) in [5.41, 5.74) is 0.524. The Labute approximate surface area is 361 Å². The summed E-state index contributed by atoms with van der Waals surface area (Å²) >= 11 is 1.10. The molecule has 0 spiro atoms. The second-order valence-corrected chi connectivity index (χ2v) is 17.8. The smallest absolute Gasteiger partial charge is 0.416 e. The van der Waals surface area contributed by atoms with E-state index >= 15 is 4.79 Å². The van der Waals surface area contributed by atoms with Gasteiger partial charge in [-0.05, 0) is 74.4 Å². The van der Waals surface area contributed by atoms with Crippen molar-refractivity contribution in [1.82, 2.24) is 20.1 Å². The molecule has 4 rings (SSSR count). The zero-order valence-electron chi connectivity index (χ0n) is 36.2. The zero-order chi connectivity index (χ0) is 45.0. The van der Waals surface area contributed by atoms with Gasteiger partial charge < -0.3 is 20.1 Å². The van der Waals surface area contributed by atoms with Gasteiger partial charge in [0.05, 0.1) is 17.5 Å². The molecule has 0 radical (unpaired) electrons. The molecule has 61 heavy (non-hydrogen) atoms. The molecule has 2 aromatic carbocycles. The minimum absolute atomic E-state index is 0.00287. The molecule has 1 fully saturated rings. The number of thiazole rings is 1. The Hall–Kier alpha value is -4.63. The molecule has 2 amide bonds. The van der Waals surface area contributed by atoms with Crippen molar-refractivity contribution in [2.24, 2.45) is 23.7 Å². The van der Waals surface area contributed by atoms with Crippen LogP contribution in [-0.2, 0) is 43.1 Å². The van der Waals surface area contributed by atoms with E-state index in [2.05, 4.69) is 15.2 Å². The fourth-order valence-electron chi connectivity index (χ4n) is 8.02. The van der Waals surface area contributed by atoms with Crippen molar-refractivity contribution in [2.45, 2.75) is 130 Å². The molecule has 0 saturated carbocycles. The number of nitrogens with one attached hydrogen (secondary N) is 1. The van der Waals surface area contributed by atoms with E-state index in [4.69, 9.17) is 4.74 Å². The number of piperidine rings is 1. The molecule has 1 aliphatic rings. The number of amides is 2. The number of hydrogen-bond donors (Lipinski definition) is 2. The molecule has 1 saturated heterocycles. The maximum absolute atomic E-state index is 15.0. The van der Waals surface area contributed by atoms with Crippen LogP contribution in [0.2, 0.25) is 0 Å². The Morgan fingerprint density at radius 3 is 2.23 bits per heavy atom. The number of esters is 1. The van der Waals surface area contributed by atoms with E-state index in [1.165, 1.54) is 31.4 Å². The summed E-state index contributed by atoms with van der Waals surface area (Å²) in [6.07, 6.45) is -1.72. The van der Waals surface area contributed by atoms with Gasteiger partial charge in [-0.3, -0.25) is 28.9 Å². The number of ether oxygens (including phenoxy) is 1. The second kappa shape index (κ2) is 22.5. The number of benzene rings is 2. The van der Waals surface area contributed by atoms with Crippen LogP contribution in [0.1, 0.15) is 125 Å². The Kier molecular flexibility index (Phi) is 18.1. The first-order chi connectivity index (χ1) is 28.8. The highest BCUT2D eigenvalue weighted by Gasteiger charge is 2.39. The molecule has 15 heteroatoms. The Bertz CT molecular complexity index is 1920. The molecule has 334 valence electrons. The number of likely N-dealkylation sites (tertiary alicyclic amines) is 1. The van der Waals surface area contributed by atoms with Crippen molar-refractivity contribution in [3.05, 3.63) is 87.4 Å². The number of ketones is 1. The maximum atomic E-state index is 15.0. The maximum Gasteiger partial charge on any atom is 0.416 e. The third kappa shape index (κ3) is 14.2. The summed E-state index contributed by atoms with van der Waals surface area (Å²) in [6.45, 7) is 11.8. The highest BCUT2D eigenvalue weighted by atomic mass is 32.1. The van der Waals surface area contributed by atoms with Crippen LogP contribution in [0.3, 0.4) is 0 Å². The third-order valence-electron chi connectivity index (χ3n) is 11.8. The van der Waals surface area contributed by atoms with Crippen LogP contribution < -0.4 is 5.32 Å². The highest BCUT2D eigenvalue weighted by molar-refractivity contribution is 7.09. The first-order valence-electron chi connectivity index (χ1n) is 21.2. The molecular formula is C46H61F3N4O7S. The van der Waals surface area contributed by atoms with Gasteiger partial charge in [0.2, 0.25) is 5.91 Å². The monoisotopic (exact) mass is 870 g/mol. The van der Waals surface area contributed by atoms with Crippen LogP contribution in [0.5, 0.6) is 0 Å². The Morgan fingerprint density at radius 2 is 1.66 bits per heavy atom. The number of Topliss-reactive ketones (excluding diaryl/α,β-unsaturated/α-hetero) is 1. The molecule has 0 aliphatic carbocycles. The van der Waals surface area contributed by atoms with Gasteiger partial charge in [0.25, 0.3) is 5.91 Å². The lowest BCUT2D eigenvalue weighted by molar-refractivity contribution is -0.150. The molecule has 2 heterocycles. The van der Waals surface area contributed by atoms with E-state index in [0.717, 1.165) is 54.8 Å². The van der Waals surface area contributed by atoms with Gasteiger partial charge in [0.15, 0.2) is 11.9 Å². The zero-order valence-corrected chi connectivity index (χ0v) is 37.1. The van der Waals surface area contributed by atoms with E-state index in [1.54, 1.807) is 0 Å². The molecule has 1 aliphatic heterocycles. The van der Waals surface area contributed by atoms with E-state index in [1.807, 2.05) is 70.0 Å². The van der Waals surface area contributed by atoms with E-state index < -0.39 is 59.6 Å². The fraction of sp³-hybridized carbons (Fsp3) is 0.565. The van der Waals surface area contributed by atoms with Crippen LogP contribution >= 0.6 is 11.3 Å². The van der Waals surface area contributed by atoms with E-state index in [0.29, 0.717) is 17.0 Å². The van der Waals surface area contributed by atoms with Crippen molar-refractivity contribution in [3.63, 3.8) is 0 Å². The van der Waals surface area contributed by atoms with Crippen molar-refractivity contribution in [3.8, 4) is 0 Å². The van der Waals surface area contributed by atoms with Crippen molar-refractivity contribution < 1.29 is 47.0 Å². The van der Waals surface area contributed by atoms with Crippen LogP contribution in [-0.4, -0.2) is 81.1 Å². The molecular weight excluding hydrogens is 810 g/mol. The number of nitrogens with zero attached hydrogens (tertiary/aromatic N) is 3. The lowest BCUT2D eigenvalue weighted by Gasteiger charge is -2.40. The van der Waals surface area contributed by atoms with Gasteiger partial charge in [0.1, 0.15) is 10.7 Å². The molecule has 2 N–H and O–H groups in total. The van der Waals surface area contributed by atoms with Gasteiger partial charge in [-0.15, -0.1) is 11.3 Å². The average molecular weight is 871 g/mol. The topological polar surface area (TPSA) is 146 Å². The summed E-state index contributed by atoms with van der Waals surface area (Å²) < 4.78 is 45.5. The van der Waals surface area contributed by atoms with Gasteiger partial charge in [-0.25, -0.2) is 4.98 Å². The number of aromatic nitrogens is 1. The van der Waals surface area contributed by atoms with Gasteiger partial charge in [-0.2, -0.15) is 13.2 Å². The predicted octanol–water partition coefficient (Wildman–Crippen LogP) is 8.77. The largest absolute Gasteiger partial charge is 0.481 e. The predicted molar refractivity (Wildman–Crippen MR) is 228 cm³/mol. The summed E-state index contributed by atoms with van der Waals surface area (Å²) in [5, 5.41) is 14.3. The second-order valence-electron chi connectivity index (χ2n) is 16.9. The van der Waals surface area contributed by atoms with Gasteiger partial charge in [-0.1, -0.05) is 89.9 Å². The number of rotatable bonds is 21. The van der Waals surface area contributed by atoms with Crippen molar-refractivity contribution >= 4 is 40.9 Å². The number of carboxylic acids is 1. The first-order valence-corrected chi connectivity index (χ1v) is 22.1. The number of aliphatic carboxylic acids is 1. The molecule has 0 unspecified atom stereocenters. The number of alkyl halides is 3. The minimum Gasteiger partial charge on any atom is -0.481 e. The Morgan fingerprint density at radius 1 is 0.984 bits per heavy atom. The standard InChI is InChI=1S/C46H61F3N4O7S/c1-8-29(4)36(24-40(55)38-16-12-13-21-52(38)7)44(57)53(26-33-14-10-9-11-15-33)39(28(2)3)25-41(60-31(6)54)43-51-37(27-61-43)42(56)50-35(22-30(5)45(58)59)23-32-17-19-34(20-18-32)46(47,48)49/h9-11,14-15,17-20,27-30,35-36,38-39,41H,8,12-13,16,21-26H2,1-7H3,(H,50,56)(H,58,59)/t29-,30-,35+,36-,38+,39+,41+/m0/s1. The molecule has 7 atom stereocenters. The van der Waals surface area contributed by atoms with Crippen molar-refractivity contribution in [1.29, 1.82) is 0 Å². The SMILES string of the molecule is CC[C@H](C)[C@H](CC(=O)[C@H]1CCCCN1C)C(=O)N(Cc1ccccc1)[C@H](C[C@@H](OC(C)=O)c1nc(C(=O)N[C@@H](Cc2ccc(C(F)(F)F)cc2)C[C@H](C)C(=O)O)cs1)C(C)C. The minimum atomic E-state index is -4.52. The van der Waals surface area contributed by atoms with Crippen molar-refractivity contribution in [2.75, 3.05) is 13.6 Å². The third-order valence-corrected chi connectivity index (χ3v) is 12.7. The number of carboxylic acid groups (broad SMARTS) is 1. The van der Waals surface area contributed by atoms with Crippen LogP contribution in [0.15, 0.2) is 60.0 Å². The summed E-state index contributed by atoms with van der Waals surface area (Å²) in [7, 11) is 1.96. The van der Waals surface area contributed by atoms with E-state index in [-0.39, 0.29) is 67.5 Å². The molecule has 0 bridgehead atoms. The number of halogens is 3. The lowest BCUT2D eigenvalue weighted by atomic mass is 9.82. The number of carbonyl (C=O) groups excluding carboxylic acids is 4. The molecule has 1 aromatic heterocycles. The molecule has 11 nitrogen and oxygen atoms in total. The quantitative estimate of drug-likeness (QED) is 0.100. The normalized spacial score (nSPS) is 17.7.